The molecule has 0 amide bonds. The molecule has 0 saturated carbocycles. The first-order valence-electron chi connectivity index (χ1n) is 7.12. The van der Waals surface area contributed by atoms with Crippen molar-refractivity contribution in [2.24, 2.45) is 11.3 Å². The second-order valence-corrected chi connectivity index (χ2v) is 6.55. The van der Waals surface area contributed by atoms with Gasteiger partial charge < -0.3 is 5.32 Å². The molecular weight excluding hydrogens is 194 g/mol. The van der Waals surface area contributed by atoms with Gasteiger partial charge in [0, 0.05) is 6.04 Å². The van der Waals surface area contributed by atoms with Crippen LogP contribution < -0.4 is 5.32 Å². The fraction of sp³-hybridized carbons (Fsp3) is 1.00. The first-order valence-corrected chi connectivity index (χ1v) is 7.12. The molecule has 0 fully saturated rings. The molecule has 16 heavy (non-hydrogen) atoms. The van der Waals surface area contributed by atoms with Gasteiger partial charge in [0.2, 0.25) is 0 Å². The lowest BCUT2D eigenvalue weighted by molar-refractivity contribution is 0.270. The summed E-state index contributed by atoms with van der Waals surface area (Å²) < 4.78 is 0. The molecule has 2 unspecified atom stereocenters. The second-order valence-electron chi connectivity index (χ2n) is 6.55. The van der Waals surface area contributed by atoms with Gasteiger partial charge in [0.1, 0.15) is 0 Å². The zero-order valence-electron chi connectivity index (χ0n) is 12.4. The fourth-order valence-electron chi connectivity index (χ4n) is 2.61. The lowest BCUT2D eigenvalue weighted by Gasteiger charge is -2.27. The predicted octanol–water partition coefficient (Wildman–Crippen LogP) is 4.62. The molecule has 1 nitrogen and oxygen atoms in total. The monoisotopic (exact) mass is 227 g/mol. The Labute approximate surface area is 103 Å². The van der Waals surface area contributed by atoms with Crippen LogP contribution in [0.25, 0.3) is 0 Å². The molecule has 0 aromatic carbocycles. The maximum atomic E-state index is 3.69. The van der Waals surface area contributed by atoms with Crippen molar-refractivity contribution in [2.45, 2.75) is 79.7 Å². The smallest absolute Gasteiger partial charge is 0.00694 e. The van der Waals surface area contributed by atoms with Crippen LogP contribution in [0.2, 0.25) is 0 Å². The molecular formula is C15H33N. The van der Waals surface area contributed by atoms with Crippen molar-refractivity contribution in [1.29, 1.82) is 0 Å². The van der Waals surface area contributed by atoms with Gasteiger partial charge in [0.05, 0.1) is 0 Å². The summed E-state index contributed by atoms with van der Waals surface area (Å²) in [6.45, 7) is 15.1. The Hall–Kier alpha value is -0.0400. The van der Waals surface area contributed by atoms with E-state index in [4.69, 9.17) is 0 Å². The molecule has 0 aliphatic heterocycles. The summed E-state index contributed by atoms with van der Waals surface area (Å²) >= 11 is 0. The summed E-state index contributed by atoms with van der Waals surface area (Å²) in [7, 11) is 0. The van der Waals surface area contributed by atoms with E-state index >= 15 is 0 Å². The lowest BCUT2D eigenvalue weighted by Crippen LogP contribution is -2.32. The van der Waals surface area contributed by atoms with Gasteiger partial charge in [-0.2, -0.15) is 0 Å². The van der Waals surface area contributed by atoms with E-state index in [-0.39, 0.29) is 0 Å². The van der Waals surface area contributed by atoms with E-state index in [1.807, 2.05) is 0 Å². The highest BCUT2D eigenvalue weighted by Crippen LogP contribution is 2.27. The Bertz CT molecular complexity index is 157. The molecule has 1 N–H and O–H groups in total. The quantitative estimate of drug-likeness (QED) is 0.638. The summed E-state index contributed by atoms with van der Waals surface area (Å²) in [6.07, 6.45) is 6.54. The van der Waals surface area contributed by atoms with Gasteiger partial charge in [0.25, 0.3) is 0 Å². The molecule has 0 heterocycles. The van der Waals surface area contributed by atoms with Gasteiger partial charge >= 0.3 is 0 Å². The molecule has 1 heteroatoms. The number of rotatable bonds is 8. The first kappa shape index (κ1) is 16.0. The molecule has 0 aliphatic carbocycles. The zero-order valence-corrected chi connectivity index (χ0v) is 12.4. The number of hydrogen-bond acceptors (Lipinski definition) is 1. The fourth-order valence-corrected chi connectivity index (χ4v) is 2.61. The standard InChI is InChI=1S/C15H33N/c1-7-9-14(16-10-8-2)11-13(3)12-15(4,5)6/h13-14,16H,7-12H2,1-6H3. The maximum Gasteiger partial charge on any atom is 0.00694 e. The average molecular weight is 227 g/mol. The molecule has 98 valence electrons. The van der Waals surface area contributed by atoms with Gasteiger partial charge in [-0.1, -0.05) is 48.0 Å². The van der Waals surface area contributed by atoms with Crippen LogP contribution in [0.15, 0.2) is 0 Å². The summed E-state index contributed by atoms with van der Waals surface area (Å²) in [6, 6.07) is 0.738. The van der Waals surface area contributed by atoms with Crippen LogP contribution in [-0.4, -0.2) is 12.6 Å². The third-order valence-electron chi connectivity index (χ3n) is 2.97. The number of hydrogen-bond donors (Lipinski definition) is 1. The van der Waals surface area contributed by atoms with E-state index in [1.165, 1.54) is 38.6 Å². The first-order chi connectivity index (χ1) is 7.39. The summed E-state index contributed by atoms with van der Waals surface area (Å²) in [5, 5.41) is 3.69. The summed E-state index contributed by atoms with van der Waals surface area (Å²) in [5.74, 6) is 0.834. The van der Waals surface area contributed by atoms with Crippen LogP contribution in [0.3, 0.4) is 0 Å². The molecule has 0 radical (unpaired) electrons. The molecule has 0 bridgehead atoms. The third kappa shape index (κ3) is 9.21. The van der Waals surface area contributed by atoms with E-state index in [0.29, 0.717) is 5.41 Å². The highest BCUT2D eigenvalue weighted by atomic mass is 14.9. The minimum absolute atomic E-state index is 0.473. The average Bonchev–Trinajstić information content (AvgIpc) is 2.11. The van der Waals surface area contributed by atoms with Crippen molar-refractivity contribution < 1.29 is 0 Å². The van der Waals surface area contributed by atoms with Crippen molar-refractivity contribution in [3.05, 3.63) is 0 Å². The Balaban J connectivity index is 3.96. The molecule has 0 aromatic rings. The van der Waals surface area contributed by atoms with Crippen LogP contribution in [-0.2, 0) is 0 Å². The third-order valence-corrected chi connectivity index (χ3v) is 2.97. The summed E-state index contributed by atoms with van der Waals surface area (Å²) in [5.41, 5.74) is 0.473. The van der Waals surface area contributed by atoms with E-state index in [9.17, 15) is 0 Å². The topological polar surface area (TPSA) is 12.0 Å². The van der Waals surface area contributed by atoms with Gasteiger partial charge in [-0.3, -0.25) is 0 Å². The van der Waals surface area contributed by atoms with Crippen molar-refractivity contribution in [3.63, 3.8) is 0 Å². The van der Waals surface area contributed by atoms with Crippen molar-refractivity contribution in [1.82, 2.24) is 5.32 Å². The van der Waals surface area contributed by atoms with Gasteiger partial charge in [0.15, 0.2) is 0 Å². The van der Waals surface area contributed by atoms with E-state index < -0.39 is 0 Å². The Morgan fingerprint density at radius 1 is 1.06 bits per heavy atom. The minimum Gasteiger partial charge on any atom is -0.314 e. The normalized spacial score (nSPS) is 16.1. The Kier molecular flexibility index (Phi) is 8.09. The summed E-state index contributed by atoms with van der Waals surface area (Å²) in [4.78, 5) is 0. The minimum atomic E-state index is 0.473. The van der Waals surface area contributed by atoms with Gasteiger partial charge in [-0.05, 0) is 43.6 Å². The van der Waals surface area contributed by atoms with Crippen molar-refractivity contribution >= 4 is 0 Å². The van der Waals surface area contributed by atoms with Gasteiger partial charge in [-0.25, -0.2) is 0 Å². The van der Waals surface area contributed by atoms with Crippen LogP contribution in [0.5, 0.6) is 0 Å². The maximum absolute atomic E-state index is 3.69. The van der Waals surface area contributed by atoms with E-state index in [2.05, 4.69) is 46.9 Å². The molecule has 2 atom stereocenters. The Morgan fingerprint density at radius 2 is 1.69 bits per heavy atom. The highest BCUT2D eigenvalue weighted by Gasteiger charge is 2.18. The van der Waals surface area contributed by atoms with Crippen LogP contribution >= 0.6 is 0 Å². The largest absolute Gasteiger partial charge is 0.314 e. The van der Waals surface area contributed by atoms with E-state index in [1.54, 1.807) is 0 Å². The SMILES string of the molecule is CCCNC(CCC)CC(C)CC(C)(C)C. The lowest BCUT2D eigenvalue weighted by atomic mass is 9.82. The number of nitrogens with one attached hydrogen (secondary N) is 1. The van der Waals surface area contributed by atoms with E-state index in [0.717, 1.165) is 12.0 Å². The van der Waals surface area contributed by atoms with Crippen LogP contribution in [0.4, 0.5) is 0 Å². The molecule has 0 saturated heterocycles. The predicted molar refractivity (Wildman–Crippen MR) is 74.8 cm³/mol. The molecule has 0 aliphatic rings. The molecule has 0 aromatic heterocycles. The highest BCUT2D eigenvalue weighted by molar-refractivity contribution is 4.73. The molecule has 0 rings (SSSR count). The van der Waals surface area contributed by atoms with Crippen molar-refractivity contribution in [2.75, 3.05) is 6.54 Å². The van der Waals surface area contributed by atoms with Crippen LogP contribution in [0.1, 0.15) is 73.6 Å². The zero-order chi connectivity index (χ0) is 12.6. The van der Waals surface area contributed by atoms with Gasteiger partial charge in [-0.15, -0.1) is 0 Å². The molecule has 0 spiro atoms. The Morgan fingerprint density at radius 3 is 2.12 bits per heavy atom. The second kappa shape index (κ2) is 8.11. The van der Waals surface area contributed by atoms with Crippen molar-refractivity contribution in [3.8, 4) is 0 Å². The van der Waals surface area contributed by atoms with Crippen LogP contribution in [0, 0.1) is 11.3 Å².